The summed E-state index contributed by atoms with van der Waals surface area (Å²) in [5.41, 5.74) is 11.5. The van der Waals surface area contributed by atoms with Gasteiger partial charge in [0.05, 0.1) is 22.7 Å². The molecule has 1 aromatic rings. The molecule has 1 fully saturated rings. The molecular weight excluding hydrogens is 292 g/mol. The summed E-state index contributed by atoms with van der Waals surface area (Å²) < 4.78 is 0. The number of benzene rings is 1. The summed E-state index contributed by atoms with van der Waals surface area (Å²) in [6, 6.07) is 4.91. The number of carbonyl (C=O) groups excluding carboxylic acids is 2. The maximum absolute atomic E-state index is 12.0. The zero-order valence-electron chi connectivity index (χ0n) is 11.9. The van der Waals surface area contributed by atoms with Crippen LogP contribution in [0.15, 0.2) is 18.2 Å². The van der Waals surface area contributed by atoms with Crippen LogP contribution in [0.25, 0.3) is 0 Å². The average Bonchev–Trinajstić information content (AvgIpc) is 2.76. The van der Waals surface area contributed by atoms with Gasteiger partial charge in [0.2, 0.25) is 11.8 Å². The molecule has 1 atom stereocenters. The number of nitrogens with one attached hydrogen (secondary N) is 1. The number of nitrogen functional groups attached to an aromatic ring is 1. The molecule has 1 saturated heterocycles. The molecule has 21 heavy (non-hydrogen) atoms. The first-order valence-electron chi connectivity index (χ1n) is 6.67. The van der Waals surface area contributed by atoms with Crippen molar-refractivity contribution in [3.8, 4) is 0 Å². The Labute approximate surface area is 128 Å². The molecule has 0 aromatic heterocycles. The van der Waals surface area contributed by atoms with Gasteiger partial charge in [-0.1, -0.05) is 11.6 Å². The van der Waals surface area contributed by atoms with Gasteiger partial charge in [0.1, 0.15) is 0 Å². The zero-order valence-corrected chi connectivity index (χ0v) is 12.6. The van der Waals surface area contributed by atoms with Gasteiger partial charge in [0, 0.05) is 12.2 Å². The Morgan fingerprint density at radius 3 is 2.76 bits per heavy atom. The summed E-state index contributed by atoms with van der Waals surface area (Å²) in [6.45, 7) is 3.18. The van der Waals surface area contributed by atoms with Crippen LogP contribution in [0.1, 0.15) is 13.3 Å². The highest BCUT2D eigenvalue weighted by molar-refractivity contribution is 6.34. The highest BCUT2D eigenvalue weighted by Crippen LogP contribution is 2.29. The molecule has 0 aliphatic carbocycles. The number of halogens is 1. The molecule has 6 nitrogen and oxygen atoms in total. The Morgan fingerprint density at radius 2 is 2.19 bits per heavy atom. The molecule has 1 aliphatic heterocycles. The Kier molecular flexibility index (Phi) is 4.39. The summed E-state index contributed by atoms with van der Waals surface area (Å²) in [5, 5.41) is 3.13. The predicted octanol–water partition coefficient (Wildman–Crippen LogP) is 1.06. The molecule has 0 spiro atoms. The van der Waals surface area contributed by atoms with E-state index >= 15 is 0 Å². The van der Waals surface area contributed by atoms with E-state index in [1.165, 1.54) is 0 Å². The van der Waals surface area contributed by atoms with Gasteiger partial charge in [-0.2, -0.15) is 0 Å². The lowest BCUT2D eigenvalue weighted by molar-refractivity contribution is -0.126. The first kappa shape index (κ1) is 15.6. The number of primary amides is 1. The van der Waals surface area contributed by atoms with Gasteiger partial charge in [-0.25, -0.2) is 0 Å². The number of nitrogens with two attached hydrogens (primary N) is 2. The van der Waals surface area contributed by atoms with E-state index in [0.717, 1.165) is 0 Å². The fourth-order valence-corrected chi connectivity index (χ4v) is 2.65. The van der Waals surface area contributed by atoms with Gasteiger partial charge >= 0.3 is 0 Å². The van der Waals surface area contributed by atoms with Crippen LogP contribution in [0.4, 0.5) is 11.4 Å². The van der Waals surface area contributed by atoms with Crippen LogP contribution >= 0.6 is 11.6 Å². The molecule has 2 amide bonds. The smallest absolute Gasteiger partial charge is 0.238 e. The average molecular weight is 311 g/mol. The van der Waals surface area contributed by atoms with Crippen LogP contribution < -0.4 is 16.8 Å². The van der Waals surface area contributed by atoms with Gasteiger partial charge < -0.3 is 16.8 Å². The molecule has 1 aromatic carbocycles. The van der Waals surface area contributed by atoms with Gasteiger partial charge in [-0.15, -0.1) is 0 Å². The van der Waals surface area contributed by atoms with Crippen molar-refractivity contribution in [3.05, 3.63) is 23.2 Å². The summed E-state index contributed by atoms with van der Waals surface area (Å²) >= 11 is 6.01. The molecule has 7 heteroatoms. The maximum Gasteiger partial charge on any atom is 0.238 e. The third kappa shape index (κ3) is 3.65. The monoisotopic (exact) mass is 310 g/mol. The minimum atomic E-state index is -0.556. The molecule has 114 valence electrons. The highest BCUT2D eigenvalue weighted by Gasteiger charge is 2.39. The van der Waals surface area contributed by atoms with Gasteiger partial charge in [0.15, 0.2) is 0 Å². The Bertz CT molecular complexity index is 578. The second-order valence-corrected chi connectivity index (χ2v) is 6.08. The quantitative estimate of drug-likeness (QED) is 0.724. The van der Waals surface area contributed by atoms with Crippen molar-refractivity contribution in [2.45, 2.75) is 13.3 Å². The summed E-state index contributed by atoms with van der Waals surface area (Å²) in [7, 11) is 0. The van der Waals surface area contributed by atoms with E-state index < -0.39 is 5.41 Å². The number of nitrogens with zero attached hydrogens (tertiary/aromatic N) is 1. The van der Waals surface area contributed by atoms with Gasteiger partial charge in [0.25, 0.3) is 0 Å². The van der Waals surface area contributed by atoms with E-state index in [2.05, 4.69) is 5.32 Å². The van der Waals surface area contributed by atoms with E-state index in [1.807, 2.05) is 11.8 Å². The predicted molar refractivity (Wildman–Crippen MR) is 82.9 cm³/mol. The van der Waals surface area contributed by atoms with Crippen LogP contribution in [0, 0.1) is 5.41 Å². The molecule has 1 heterocycles. The Hall–Kier alpha value is -1.79. The van der Waals surface area contributed by atoms with Crippen LogP contribution in [0.5, 0.6) is 0 Å². The normalized spacial score (nSPS) is 22.2. The molecule has 0 bridgehead atoms. The minimum absolute atomic E-state index is 0.185. The number of anilines is 2. The van der Waals surface area contributed by atoms with Crippen molar-refractivity contribution in [2.75, 3.05) is 30.7 Å². The van der Waals surface area contributed by atoms with Crippen molar-refractivity contribution in [1.29, 1.82) is 0 Å². The third-order valence-corrected chi connectivity index (χ3v) is 4.09. The van der Waals surface area contributed by atoms with E-state index in [-0.39, 0.29) is 18.4 Å². The number of hydrogen-bond acceptors (Lipinski definition) is 4. The lowest BCUT2D eigenvalue weighted by atomic mass is 9.89. The number of hydrogen-bond donors (Lipinski definition) is 3. The van der Waals surface area contributed by atoms with Gasteiger partial charge in [-0.3, -0.25) is 14.5 Å². The summed E-state index contributed by atoms with van der Waals surface area (Å²) in [6.07, 6.45) is 0.665. The van der Waals surface area contributed by atoms with Crippen LogP contribution in [-0.4, -0.2) is 36.3 Å². The van der Waals surface area contributed by atoms with Crippen molar-refractivity contribution < 1.29 is 9.59 Å². The maximum atomic E-state index is 12.0. The zero-order chi connectivity index (χ0) is 15.6. The fourth-order valence-electron chi connectivity index (χ4n) is 2.42. The first-order valence-corrected chi connectivity index (χ1v) is 7.05. The first-order chi connectivity index (χ1) is 9.80. The molecule has 0 radical (unpaired) electrons. The standard InChI is InChI=1S/C14H19ClN4O2/c1-14(13(17)21)4-5-19(8-14)7-12(20)18-11-3-2-9(16)6-10(11)15/h2-3,6H,4-5,7-8,16H2,1H3,(H2,17,21)(H,18,20). The van der Waals surface area contributed by atoms with Crippen LogP contribution in [0.3, 0.4) is 0 Å². The Balaban J connectivity index is 1.93. The molecule has 1 unspecified atom stereocenters. The molecule has 2 rings (SSSR count). The lowest BCUT2D eigenvalue weighted by Gasteiger charge is -2.20. The second kappa shape index (κ2) is 5.91. The van der Waals surface area contributed by atoms with E-state index in [9.17, 15) is 9.59 Å². The number of carbonyl (C=O) groups is 2. The number of likely N-dealkylation sites (tertiary alicyclic amines) is 1. The fraction of sp³-hybridized carbons (Fsp3) is 0.429. The minimum Gasteiger partial charge on any atom is -0.399 e. The number of amides is 2. The van der Waals surface area contributed by atoms with E-state index in [0.29, 0.717) is 35.9 Å². The van der Waals surface area contributed by atoms with Crippen LogP contribution in [0.2, 0.25) is 5.02 Å². The van der Waals surface area contributed by atoms with Crippen molar-refractivity contribution >= 4 is 34.8 Å². The Morgan fingerprint density at radius 1 is 1.48 bits per heavy atom. The van der Waals surface area contributed by atoms with E-state index in [1.54, 1.807) is 18.2 Å². The largest absolute Gasteiger partial charge is 0.399 e. The van der Waals surface area contributed by atoms with Crippen molar-refractivity contribution in [3.63, 3.8) is 0 Å². The number of rotatable bonds is 4. The van der Waals surface area contributed by atoms with Crippen LogP contribution in [-0.2, 0) is 9.59 Å². The second-order valence-electron chi connectivity index (χ2n) is 5.67. The molecule has 0 saturated carbocycles. The SMILES string of the molecule is CC1(C(N)=O)CCN(CC(=O)Nc2ccc(N)cc2Cl)C1. The summed E-state index contributed by atoms with van der Waals surface area (Å²) in [4.78, 5) is 25.3. The van der Waals surface area contributed by atoms with Crippen molar-refractivity contribution in [2.24, 2.45) is 11.1 Å². The third-order valence-electron chi connectivity index (χ3n) is 3.78. The highest BCUT2D eigenvalue weighted by atomic mass is 35.5. The molecule has 1 aliphatic rings. The molecule has 5 N–H and O–H groups in total. The van der Waals surface area contributed by atoms with Gasteiger partial charge in [-0.05, 0) is 38.1 Å². The summed E-state index contributed by atoms with van der Waals surface area (Å²) in [5.74, 6) is -0.512. The lowest BCUT2D eigenvalue weighted by Crippen LogP contribution is -2.39. The molecular formula is C14H19ClN4O2. The topological polar surface area (TPSA) is 101 Å². The van der Waals surface area contributed by atoms with Crippen molar-refractivity contribution in [1.82, 2.24) is 4.90 Å². The van der Waals surface area contributed by atoms with E-state index in [4.69, 9.17) is 23.1 Å².